The fraction of sp³-hybridized carbons (Fsp3) is 0.500. The van der Waals surface area contributed by atoms with Gasteiger partial charge in [0.1, 0.15) is 6.73 Å². The van der Waals surface area contributed by atoms with Crippen molar-refractivity contribution in [1.29, 1.82) is 0 Å². The van der Waals surface area contributed by atoms with E-state index in [0.29, 0.717) is 13.3 Å². The maximum absolute atomic E-state index is 5.48. The molecule has 0 amide bonds. The van der Waals surface area contributed by atoms with Crippen LogP contribution in [0.4, 0.5) is 5.69 Å². The van der Waals surface area contributed by atoms with Gasteiger partial charge in [-0.25, -0.2) is 0 Å². The van der Waals surface area contributed by atoms with Crippen LogP contribution in [0.3, 0.4) is 0 Å². The van der Waals surface area contributed by atoms with Gasteiger partial charge in [-0.15, -0.1) is 0 Å². The van der Waals surface area contributed by atoms with Crippen molar-refractivity contribution in [3.8, 4) is 0 Å². The van der Waals surface area contributed by atoms with E-state index >= 15 is 0 Å². The fourth-order valence-corrected chi connectivity index (χ4v) is 2.52. The van der Waals surface area contributed by atoms with Crippen LogP contribution >= 0.6 is 12.2 Å². The first kappa shape index (κ1) is 13.3. The number of hydrogen-bond donors (Lipinski definition) is 1. The molecule has 2 rings (SSSR count). The van der Waals surface area contributed by atoms with Gasteiger partial charge >= 0.3 is 0 Å². The molecule has 1 aromatic carbocycles. The van der Waals surface area contributed by atoms with Crippen LogP contribution in [0.15, 0.2) is 18.2 Å². The quantitative estimate of drug-likeness (QED) is 0.788. The molecule has 0 radical (unpaired) electrons. The molecule has 1 aliphatic rings. The number of ether oxygens (including phenoxy) is 1. The number of aryl methyl sites for hydroxylation is 2. The van der Waals surface area contributed by atoms with Crippen LogP contribution in [0, 0.1) is 13.8 Å². The molecular formula is C14H20N2OS. The molecule has 98 valence electrons. The molecule has 0 unspecified atom stereocenters. The summed E-state index contributed by atoms with van der Waals surface area (Å²) in [5.41, 5.74) is 3.49. The monoisotopic (exact) mass is 264 g/mol. The molecule has 0 aromatic heterocycles. The standard InChI is InChI=1S/C14H20N2OS/c1-10-5-6-12(11(2)7-10)15-13(18)16-9-17-8-14(16,3)4/h5-7H,8-9H2,1-4H3,(H,15,18). The van der Waals surface area contributed by atoms with Gasteiger partial charge in [-0.3, -0.25) is 0 Å². The Morgan fingerprint density at radius 1 is 1.39 bits per heavy atom. The summed E-state index contributed by atoms with van der Waals surface area (Å²) >= 11 is 5.47. The van der Waals surface area contributed by atoms with E-state index in [-0.39, 0.29) is 5.54 Å². The molecule has 3 nitrogen and oxygen atoms in total. The number of nitrogens with zero attached hydrogens (tertiary/aromatic N) is 1. The lowest BCUT2D eigenvalue weighted by molar-refractivity contribution is 0.169. The van der Waals surface area contributed by atoms with Crippen molar-refractivity contribution >= 4 is 23.0 Å². The van der Waals surface area contributed by atoms with Crippen LogP contribution in [0.5, 0.6) is 0 Å². The number of hydrogen-bond acceptors (Lipinski definition) is 2. The van der Waals surface area contributed by atoms with Crippen molar-refractivity contribution in [1.82, 2.24) is 4.90 Å². The smallest absolute Gasteiger partial charge is 0.175 e. The Balaban J connectivity index is 2.12. The second-order valence-corrected chi connectivity index (χ2v) is 5.85. The summed E-state index contributed by atoms with van der Waals surface area (Å²) in [5, 5.41) is 4.04. The van der Waals surface area contributed by atoms with E-state index in [0.717, 1.165) is 10.8 Å². The van der Waals surface area contributed by atoms with E-state index in [1.807, 2.05) is 0 Å². The average molecular weight is 264 g/mol. The van der Waals surface area contributed by atoms with Crippen LogP contribution in [-0.2, 0) is 4.74 Å². The third-order valence-corrected chi connectivity index (χ3v) is 3.60. The van der Waals surface area contributed by atoms with E-state index in [1.54, 1.807) is 0 Å². The summed E-state index contributed by atoms with van der Waals surface area (Å²) in [6.07, 6.45) is 0. The van der Waals surface area contributed by atoms with Gasteiger partial charge in [-0.2, -0.15) is 0 Å². The van der Waals surface area contributed by atoms with Crippen LogP contribution in [0.25, 0.3) is 0 Å². The van der Waals surface area contributed by atoms with Crippen LogP contribution in [0.2, 0.25) is 0 Å². The zero-order valence-corrected chi connectivity index (χ0v) is 12.2. The highest BCUT2D eigenvalue weighted by atomic mass is 32.1. The number of anilines is 1. The summed E-state index contributed by atoms with van der Waals surface area (Å²) in [4.78, 5) is 2.08. The van der Waals surface area contributed by atoms with Crippen molar-refractivity contribution in [3.05, 3.63) is 29.3 Å². The molecule has 4 heteroatoms. The zero-order valence-electron chi connectivity index (χ0n) is 11.4. The topological polar surface area (TPSA) is 24.5 Å². The Morgan fingerprint density at radius 2 is 2.11 bits per heavy atom. The molecule has 0 atom stereocenters. The molecule has 0 spiro atoms. The molecule has 1 heterocycles. The predicted molar refractivity (Wildman–Crippen MR) is 78.9 cm³/mol. The maximum atomic E-state index is 5.48. The second kappa shape index (κ2) is 4.86. The van der Waals surface area contributed by atoms with E-state index in [1.165, 1.54) is 11.1 Å². The molecule has 0 aliphatic carbocycles. The van der Waals surface area contributed by atoms with E-state index in [4.69, 9.17) is 17.0 Å². The molecule has 1 saturated heterocycles. The molecule has 1 aliphatic heterocycles. The Kier molecular flexibility index (Phi) is 3.59. The largest absolute Gasteiger partial charge is 0.359 e. The van der Waals surface area contributed by atoms with Crippen molar-refractivity contribution in [2.75, 3.05) is 18.7 Å². The number of nitrogens with one attached hydrogen (secondary N) is 1. The van der Waals surface area contributed by atoms with E-state index < -0.39 is 0 Å². The molecule has 1 N–H and O–H groups in total. The van der Waals surface area contributed by atoms with Crippen molar-refractivity contribution in [2.24, 2.45) is 0 Å². The lowest BCUT2D eigenvalue weighted by atomic mass is 10.1. The second-order valence-electron chi connectivity index (χ2n) is 5.47. The Morgan fingerprint density at radius 3 is 2.67 bits per heavy atom. The molecular weight excluding hydrogens is 244 g/mol. The minimum Gasteiger partial charge on any atom is -0.359 e. The highest BCUT2D eigenvalue weighted by Crippen LogP contribution is 2.24. The average Bonchev–Trinajstić information content (AvgIpc) is 2.62. The van der Waals surface area contributed by atoms with Gasteiger partial charge in [0.25, 0.3) is 0 Å². The Bertz CT molecular complexity index is 471. The first-order valence-electron chi connectivity index (χ1n) is 6.14. The van der Waals surface area contributed by atoms with E-state index in [2.05, 4.69) is 56.1 Å². The predicted octanol–water partition coefficient (Wildman–Crippen LogP) is 3.07. The van der Waals surface area contributed by atoms with E-state index in [9.17, 15) is 0 Å². The summed E-state index contributed by atoms with van der Waals surface area (Å²) in [6.45, 7) is 9.72. The maximum Gasteiger partial charge on any atom is 0.175 e. The van der Waals surface area contributed by atoms with Gasteiger partial charge < -0.3 is 15.0 Å². The number of rotatable bonds is 1. The van der Waals surface area contributed by atoms with Gasteiger partial charge in [-0.05, 0) is 51.5 Å². The SMILES string of the molecule is Cc1ccc(NC(=S)N2COCC2(C)C)c(C)c1. The highest BCUT2D eigenvalue weighted by molar-refractivity contribution is 7.80. The normalized spacial score (nSPS) is 17.9. The zero-order chi connectivity index (χ0) is 13.3. The lowest BCUT2D eigenvalue weighted by Gasteiger charge is -2.31. The minimum atomic E-state index is -0.0390. The Hall–Kier alpha value is -1.13. The molecule has 1 aromatic rings. The van der Waals surface area contributed by atoms with Crippen molar-refractivity contribution < 1.29 is 4.74 Å². The first-order chi connectivity index (χ1) is 8.40. The van der Waals surface area contributed by atoms with Crippen molar-refractivity contribution in [3.63, 3.8) is 0 Å². The lowest BCUT2D eigenvalue weighted by Crippen LogP contribution is -2.46. The van der Waals surface area contributed by atoms with Crippen molar-refractivity contribution in [2.45, 2.75) is 33.2 Å². The summed E-state index contributed by atoms with van der Waals surface area (Å²) < 4.78 is 5.48. The van der Waals surface area contributed by atoms with Crippen LogP contribution in [-0.4, -0.2) is 28.9 Å². The van der Waals surface area contributed by atoms with Gasteiger partial charge in [0, 0.05) is 5.69 Å². The van der Waals surface area contributed by atoms with Gasteiger partial charge in [0.2, 0.25) is 0 Å². The summed E-state index contributed by atoms with van der Waals surface area (Å²) in [5.74, 6) is 0. The number of thiocarbonyl (C=S) groups is 1. The number of benzene rings is 1. The van der Waals surface area contributed by atoms with Crippen LogP contribution < -0.4 is 5.32 Å². The molecule has 1 fully saturated rings. The Labute approximate surface area is 114 Å². The van der Waals surface area contributed by atoms with Gasteiger partial charge in [0.15, 0.2) is 5.11 Å². The van der Waals surface area contributed by atoms with Crippen LogP contribution in [0.1, 0.15) is 25.0 Å². The highest BCUT2D eigenvalue weighted by Gasteiger charge is 2.34. The first-order valence-corrected chi connectivity index (χ1v) is 6.54. The summed E-state index contributed by atoms with van der Waals surface area (Å²) in [7, 11) is 0. The molecule has 18 heavy (non-hydrogen) atoms. The van der Waals surface area contributed by atoms with Gasteiger partial charge in [-0.1, -0.05) is 17.7 Å². The molecule has 0 bridgehead atoms. The summed E-state index contributed by atoms with van der Waals surface area (Å²) in [6, 6.07) is 6.31. The fourth-order valence-electron chi connectivity index (χ4n) is 2.11. The third-order valence-electron chi connectivity index (χ3n) is 3.28. The third kappa shape index (κ3) is 2.65. The molecule has 0 saturated carbocycles. The van der Waals surface area contributed by atoms with Gasteiger partial charge in [0.05, 0.1) is 12.1 Å². The minimum absolute atomic E-state index is 0.0390.